The van der Waals surface area contributed by atoms with Crippen LogP contribution in [-0.2, 0) is 14.3 Å². The van der Waals surface area contributed by atoms with Gasteiger partial charge in [-0.05, 0) is 65.9 Å². The van der Waals surface area contributed by atoms with Gasteiger partial charge in [0.15, 0.2) is 0 Å². The van der Waals surface area contributed by atoms with Crippen molar-refractivity contribution in [3.05, 3.63) is 34.9 Å². The fourth-order valence-corrected chi connectivity index (χ4v) is 4.07. The summed E-state index contributed by atoms with van der Waals surface area (Å²) in [7, 11) is 0. The number of aryl methyl sites for hydroxylation is 2. The van der Waals surface area contributed by atoms with Crippen LogP contribution in [0.15, 0.2) is 18.2 Å². The van der Waals surface area contributed by atoms with Gasteiger partial charge in [-0.2, -0.15) is 0 Å². The lowest BCUT2D eigenvalue weighted by Crippen LogP contribution is -2.54. The smallest absolute Gasteiger partial charge is 0.408 e. The van der Waals surface area contributed by atoms with Gasteiger partial charge in [0.05, 0.1) is 0 Å². The van der Waals surface area contributed by atoms with Crippen molar-refractivity contribution in [3.8, 4) is 0 Å². The van der Waals surface area contributed by atoms with E-state index in [1.165, 1.54) is 0 Å². The molecule has 1 aliphatic rings. The van der Waals surface area contributed by atoms with Crippen molar-refractivity contribution in [1.82, 2.24) is 15.5 Å². The number of ether oxygens (including phenoxy) is 1. The van der Waals surface area contributed by atoms with Gasteiger partial charge in [0, 0.05) is 12.6 Å². The molecule has 0 aliphatic heterocycles. The van der Waals surface area contributed by atoms with Crippen LogP contribution in [0.2, 0.25) is 0 Å². The van der Waals surface area contributed by atoms with Crippen LogP contribution < -0.4 is 10.6 Å². The summed E-state index contributed by atoms with van der Waals surface area (Å²) in [6.07, 6.45) is 5.09. The first-order valence-corrected chi connectivity index (χ1v) is 12.2. The van der Waals surface area contributed by atoms with Crippen molar-refractivity contribution in [3.63, 3.8) is 0 Å². The maximum absolute atomic E-state index is 13.4. The Morgan fingerprint density at radius 2 is 1.70 bits per heavy atom. The van der Waals surface area contributed by atoms with Gasteiger partial charge in [0.2, 0.25) is 11.8 Å². The number of hydrogen-bond acceptors (Lipinski definition) is 4. The predicted molar refractivity (Wildman–Crippen MR) is 130 cm³/mol. The fourth-order valence-electron chi connectivity index (χ4n) is 4.07. The Kier molecular flexibility index (Phi) is 9.74. The van der Waals surface area contributed by atoms with Crippen LogP contribution in [0.25, 0.3) is 0 Å². The van der Waals surface area contributed by atoms with Crippen LogP contribution in [0.1, 0.15) is 89.0 Å². The van der Waals surface area contributed by atoms with Gasteiger partial charge >= 0.3 is 6.09 Å². The fraction of sp³-hybridized carbons (Fsp3) is 0.654. The van der Waals surface area contributed by atoms with E-state index in [9.17, 15) is 14.4 Å². The second kappa shape index (κ2) is 12.1. The molecular formula is C26H41N3O4. The Bertz CT molecular complexity index is 807. The summed E-state index contributed by atoms with van der Waals surface area (Å²) < 4.78 is 5.27. The van der Waals surface area contributed by atoms with Gasteiger partial charge in [-0.1, -0.05) is 49.1 Å². The molecule has 3 amide bonds. The summed E-state index contributed by atoms with van der Waals surface area (Å²) in [6, 6.07) is 5.25. The highest BCUT2D eigenvalue weighted by molar-refractivity contribution is 5.90. The Balaban J connectivity index is 2.28. The Hall–Kier alpha value is -2.57. The molecule has 33 heavy (non-hydrogen) atoms. The van der Waals surface area contributed by atoms with E-state index in [0.717, 1.165) is 55.2 Å². The van der Waals surface area contributed by atoms with Gasteiger partial charge < -0.3 is 20.3 Å². The normalized spacial score (nSPS) is 14.7. The summed E-state index contributed by atoms with van der Waals surface area (Å²) in [6.45, 7) is 11.8. The molecule has 0 spiro atoms. The Morgan fingerprint density at radius 1 is 1.06 bits per heavy atom. The van der Waals surface area contributed by atoms with Crippen LogP contribution in [-0.4, -0.2) is 47.5 Å². The monoisotopic (exact) mass is 459 g/mol. The minimum absolute atomic E-state index is 0.0230. The summed E-state index contributed by atoms with van der Waals surface area (Å²) in [5.41, 5.74) is 2.24. The SMILES string of the molecule is CCCCCNC(=O)C(c1cc(C)cc(C)c1)N(C(=O)CNC(=O)OC(C)(C)C)C1CCC1. The Morgan fingerprint density at radius 3 is 2.21 bits per heavy atom. The molecule has 1 aromatic rings. The first kappa shape index (κ1) is 26.7. The summed E-state index contributed by atoms with van der Waals surface area (Å²) in [5.74, 6) is -0.452. The second-order valence-corrected chi connectivity index (χ2v) is 10.1. The van der Waals surface area contributed by atoms with E-state index in [1.807, 2.05) is 26.0 Å². The van der Waals surface area contributed by atoms with E-state index < -0.39 is 17.7 Å². The van der Waals surface area contributed by atoms with Crippen molar-refractivity contribution in [2.24, 2.45) is 0 Å². The van der Waals surface area contributed by atoms with Crippen LogP contribution in [0.4, 0.5) is 4.79 Å². The minimum Gasteiger partial charge on any atom is -0.444 e. The lowest BCUT2D eigenvalue weighted by atomic mass is 9.88. The van der Waals surface area contributed by atoms with Gasteiger partial charge in [-0.25, -0.2) is 4.79 Å². The maximum Gasteiger partial charge on any atom is 0.408 e. The number of carbonyl (C=O) groups excluding carboxylic acids is 3. The van der Waals surface area contributed by atoms with Crippen molar-refractivity contribution >= 4 is 17.9 Å². The number of carbonyl (C=O) groups is 3. The molecule has 184 valence electrons. The summed E-state index contributed by atoms with van der Waals surface area (Å²) in [5, 5.41) is 5.61. The highest BCUT2D eigenvalue weighted by Crippen LogP contribution is 2.33. The van der Waals surface area contributed by atoms with E-state index in [-0.39, 0.29) is 24.4 Å². The van der Waals surface area contributed by atoms with E-state index in [0.29, 0.717) is 6.54 Å². The van der Waals surface area contributed by atoms with Crippen LogP contribution in [0.5, 0.6) is 0 Å². The molecule has 0 saturated heterocycles. The summed E-state index contributed by atoms with van der Waals surface area (Å²) in [4.78, 5) is 40.6. The van der Waals surface area contributed by atoms with E-state index in [4.69, 9.17) is 4.74 Å². The number of unbranched alkanes of at least 4 members (excludes halogenated alkanes) is 2. The van der Waals surface area contributed by atoms with Crippen LogP contribution in [0.3, 0.4) is 0 Å². The largest absolute Gasteiger partial charge is 0.444 e. The van der Waals surface area contributed by atoms with Gasteiger partial charge in [0.1, 0.15) is 18.2 Å². The molecule has 1 atom stereocenters. The van der Waals surface area contributed by atoms with Crippen molar-refractivity contribution in [2.45, 2.75) is 97.8 Å². The second-order valence-electron chi connectivity index (χ2n) is 10.1. The lowest BCUT2D eigenvalue weighted by molar-refractivity contribution is -0.145. The lowest BCUT2D eigenvalue weighted by Gasteiger charge is -2.42. The first-order chi connectivity index (χ1) is 15.5. The van der Waals surface area contributed by atoms with Crippen LogP contribution in [0, 0.1) is 13.8 Å². The third-order valence-corrected chi connectivity index (χ3v) is 5.70. The molecule has 0 aromatic heterocycles. The van der Waals surface area contributed by atoms with Gasteiger partial charge in [-0.3, -0.25) is 9.59 Å². The summed E-state index contributed by atoms with van der Waals surface area (Å²) >= 11 is 0. The topological polar surface area (TPSA) is 87.7 Å². The van der Waals surface area contributed by atoms with E-state index in [1.54, 1.807) is 25.7 Å². The Labute approximate surface area is 198 Å². The number of nitrogens with zero attached hydrogens (tertiary/aromatic N) is 1. The maximum atomic E-state index is 13.4. The average molecular weight is 460 g/mol. The number of alkyl carbamates (subject to hydrolysis) is 1. The van der Waals surface area contributed by atoms with Crippen molar-refractivity contribution < 1.29 is 19.1 Å². The quantitative estimate of drug-likeness (QED) is 0.502. The molecule has 1 saturated carbocycles. The van der Waals surface area contributed by atoms with Crippen LogP contribution >= 0.6 is 0 Å². The zero-order valence-electron chi connectivity index (χ0n) is 21.1. The van der Waals surface area contributed by atoms with Crippen molar-refractivity contribution in [1.29, 1.82) is 0 Å². The zero-order valence-corrected chi connectivity index (χ0v) is 21.1. The highest BCUT2D eigenvalue weighted by atomic mass is 16.6. The molecular weight excluding hydrogens is 418 g/mol. The third kappa shape index (κ3) is 8.37. The number of hydrogen-bond donors (Lipinski definition) is 2. The highest BCUT2D eigenvalue weighted by Gasteiger charge is 2.39. The average Bonchev–Trinajstić information content (AvgIpc) is 2.65. The van der Waals surface area contributed by atoms with Crippen molar-refractivity contribution in [2.75, 3.05) is 13.1 Å². The number of nitrogens with one attached hydrogen (secondary N) is 2. The van der Waals surface area contributed by atoms with Gasteiger partial charge in [0.25, 0.3) is 0 Å². The van der Waals surface area contributed by atoms with E-state index >= 15 is 0 Å². The molecule has 1 fully saturated rings. The molecule has 7 nitrogen and oxygen atoms in total. The molecule has 0 heterocycles. The van der Waals surface area contributed by atoms with Gasteiger partial charge in [-0.15, -0.1) is 0 Å². The molecule has 0 radical (unpaired) electrons. The molecule has 0 bridgehead atoms. The predicted octanol–water partition coefficient (Wildman–Crippen LogP) is 4.56. The zero-order chi connectivity index (χ0) is 24.6. The molecule has 7 heteroatoms. The number of benzene rings is 1. The first-order valence-electron chi connectivity index (χ1n) is 12.2. The molecule has 1 aromatic carbocycles. The number of amides is 3. The standard InChI is InChI=1S/C26H41N3O4/c1-7-8-9-13-27-24(31)23(20-15-18(2)14-19(3)16-20)29(21-11-10-12-21)22(30)17-28-25(32)33-26(4,5)6/h14-16,21,23H,7-13,17H2,1-6H3,(H,27,31)(H,28,32). The third-order valence-electron chi connectivity index (χ3n) is 5.70. The molecule has 1 aliphatic carbocycles. The van der Waals surface area contributed by atoms with E-state index in [2.05, 4.69) is 23.6 Å². The minimum atomic E-state index is -0.733. The molecule has 2 N–H and O–H groups in total. The molecule has 2 rings (SSSR count). The number of rotatable bonds is 10. The molecule has 1 unspecified atom stereocenters.